The van der Waals surface area contributed by atoms with Crippen molar-refractivity contribution < 1.29 is 9.53 Å². The third-order valence-corrected chi connectivity index (χ3v) is 3.92. The van der Waals surface area contributed by atoms with Crippen molar-refractivity contribution in [3.05, 3.63) is 23.8 Å². The van der Waals surface area contributed by atoms with E-state index in [-0.39, 0.29) is 6.03 Å². The maximum Gasteiger partial charge on any atom is 0.322 e. The summed E-state index contributed by atoms with van der Waals surface area (Å²) >= 11 is 1.89. The summed E-state index contributed by atoms with van der Waals surface area (Å²) in [5, 5.41) is 2.94. The van der Waals surface area contributed by atoms with E-state index in [0.717, 1.165) is 41.6 Å². The van der Waals surface area contributed by atoms with E-state index in [1.54, 1.807) is 0 Å². The summed E-state index contributed by atoms with van der Waals surface area (Å²) in [6.45, 7) is 6.16. The molecule has 0 bridgehead atoms. The molecule has 1 heterocycles. The van der Waals surface area contributed by atoms with Crippen LogP contribution in [0.5, 0.6) is 5.75 Å². The lowest BCUT2D eigenvalue weighted by atomic mass is 10.2. The minimum Gasteiger partial charge on any atom is -0.492 e. The van der Waals surface area contributed by atoms with Crippen LogP contribution in [-0.4, -0.2) is 42.1 Å². The Morgan fingerprint density at radius 3 is 2.84 bits per heavy atom. The Hall–Kier alpha value is -1.36. The summed E-state index contributed by atoms with van der Waals surface area (Å²) in [5.41, 5.74) is 1.87. The average Bonchev–Trinajstić information content (AvgIpc) is 2.43. The predicted octanol–water partition coefficient (Wildman–Crippen LogP) is 2.97. The van der Waals surface area contributed by atoms with E-state index in [1.807, 2.05) is 48.7 Å². The van der Waals surface area contributed by atoms with Crippen molar-refractivity contribution in [2.45, 2.75) is 13.8 Å². The zero-order valence-electron chi connectivity index (χ0n) is 11.4. The molecule has 19 heavy (non-hydrogen) atoms. The molecule has 1 N–H and O–H groups in total. The van der Waals surface area contributed by atoms with Gasteiger partial charge >= 0.3 is 6.03 Å². The molecule has 0 atom stereocenters. The number of carbonyl (C=O) groups excluding carboxylic acids is 1. The second-order valence-corrected chi connectivity index (χ2v) is 5.69. The Balaban J connectivity index is 2.06. The third-order valence-electron chi connectivity index (χ3n) is 2.98. The van der Waals surface area contributed by atoms with E-state index in [4.69, 9.17) is 4.74 Å². The number of nitrogens with one attached hydrogen (secondary N) is 1. The molecule has 0 aliphatic carbocycles. The van der Waals surface area contributed by atoms with E-state index in [1.165, 1.54) is 0 Å². The molecule has 1 aromatic carbocycles. The zero-order valence-corrected chi connectivity index (χ0v) is 12.3. The number of carbonyl (C=O) groups is 1. The Bertz CT molecular complexity index is 445. The molecule has 1 aliphatic rings. The molecule has 2 amide bonds. The van der Waals surface area contributed by atoms with Gasteiger partial charge in [-0.1, -0.05) is 6.07 Å². The van der Waals surface area contributed by atoms with Crippen LogP contribution in [-0.2, 0) is 0 Å². The van der Waals surface area contributed by atoms with Gasteiger partial charge in [0.2, 0.25) is 0 Å². The van der Waals surface area contributed by atoms with Crippen LogP contribution in [0.15, 0.2) is 18.2 Å². The second kappa shape index (κ2) is 6.70. The van der Waals surface area contributed by atoms with Crippen LogP contribution in [0.2, 0.25) is 0 Å². The Labute approximate surface area is 118 Å². The second-order valence-electron chi connectivity index (χ2n) is 4.46. The van der Waals surface area contributed by atoms with Gasteiger partial charge in [-0.25, -0.2) is 4.79 Å². The van der Waals surface area contributed by atoms with Crippen molar-refractivity contribution in [2.75, 3.05) is 36.5 Å². The largest absolute Gasteiger partial charge is 0.492 e. The fourth-order valence-corrected chi connectivity index (χ4v) is 2.87. The molecule has 0 aromatic heterocycles. The average molecular weight is 280 g/mol. The summed E-state index contributed by atoms with van der Waals surface area (Å²) in [5.74, 6) is 2.77. The van der Waals surface area contributed by atoms with Crippen LogP contribution < -0.4 is 10.1 Å². The van der Waals surface area contributed by atoms with Crippen molar-refractivity contribution >= 4 is 23.5 Å². The lowest BCUT2D eigenvalue weighted by Crippen LogP contribution is -2.40. The van der Waals surface area contributed by atoms with E-state index < -0.39 is 0 Å². The van der Waals surface area contributed by atoms with E-state index >= 15 is 0 Å². The van der Waals surface area contributed by atoms with Gasteiger partial charge in [-0.15, -0.1) is 0 Å². The van der Waals surface area contributed by atoms with Crippen LogP contribution in [0.3, 0.4) is 0 Å². The molecule has 2 rings (SSSR count). The third kappa shape index (κ3) is 3.80. The molecule has 104 valence electrons. The molecule has 0 unspecified atom stereocenters. The topological polar surface area (TPSA) is 41.6 Å². The highest BCUT2D eigenvalue weighted by Gasteiger charge is 2.17. The number of anilines is 1. The SMILES string of the molecule is CCOc1cc(C)ccc1NC(=O)N1CCSCC1. The number of thioether (sulfide) groups is 1. The highest BCUT2D eigenvalue weighted by atomic mass is 32.2. The molecule has 1 aromatic rings. The maximum atomic E-state index is 12.2. The number of rotatable bonds is 3. The zero-order chi connectivity index (χ0) is 13.7. The Kier molecular flexibility index (Phi) is 4.96. The molecule has 1 aliphatic heterocycles. The predicted molar refractivity (Wildman–Crippen MR) is 80.3 cm³/mol. The monoisotopic (exact) mass is 280 g/mol. The number of hydrogen-bond acceptors (Lipinski definition) is 3. The number of amides is 2. The molecule has 0 spiro atoms. The van der Waals surface area contributed by atoms with Crippen molar-refractivity contribution in [3.63, 3.8) is 0 Å². The minimum atomic E-state index is -0.0369. The molecular formula is C14H20N2O2S. The first-order valence-electron chi connectivity index (χ1n) is 6.58. The van der Waals surface area contributed by atoms with Gasteiger partial charge in [0.25, 0.3) is 0 Å². The lowest BCUT2D eigenvalue weighted by molar-refractivity contribution is 0.217. The minimum absolute atomic E-state index is 0.0369. The molecular weight excluding hydrogens is 260 g/mol. The number of nitrogens with zero attached hydrogens (tertiary/aromatic N) is 1. The van der Waals surface area contributed by atoms with Gasteiger partial charge in [-0.2, -0.15) is 11.8 Å². The summed E-state index contributed by atoms with van der Waals surface area (Å²) in [7, 11) is 0. The highest BCUT2D eigenvalue weighted by molar-refractivity contribution is 7.99. The van der Waals surface area contributed by atoms with Crippen LogP contribution >= 0.6 is 11.8 Å². The van der Waals surface area contributed by atoms with Gasteiger partial charge in [0.05, 0.1) is 12.3 Å². The number of hydrogen-bond donors (Lipinski definition) is 1. The molecule has 1 fully saturated rings. The molecule has 5 heteroatoms. The number of benzene rings is 1. The van der Waals surface area contributed by atoms with Crippen LogP contribution in [0, 0.1) is 6.92 Å². The Morgan fingerprint density at radius 1 is 1.42 bits per heavy atom. The van der Waals surface area contributed by atoms with Crippen LogP contribution in [0.4, 0.5) is 10.5 Å². The van der Waals surface area contributed by atoms with Gasteiger partial charge in [0.1, 0.15) is 5.75 Å². The molecule has 0 radical (unpaired) electrons. The lowest BCUT2D eigenvalue weighted by Gasteiger charge is -2.27. The van der Waals surface area contributed by atoms with Gasteiger partial charge in [-0.3, -0.25) is 0 Å². The number of urea groups is 1. The van der Waals surface area contributed by atoms with Gasteiger partial charge < -0.3 is 15.0 Å². The summed E-state index contributed by atoms with van der Waals surface area (Å²) in [6, 6.07) is 5.79. The molecule has 0 saturated carbocycles. The first kappa shape index (κ1) is 14.1. The van der Waals surface area contributed by atoms with Crippen molar-refractivity contribution in [3.8, 4) is 5.75 Å². The smallest absolute Gasteiger partial charge is 0.322 e. The van der Waals surface area contributed by atoms with Crippen LogP contribution in [0.25, 0.3) is 0 Å². The summed E-state index contributed by atoms with van der Waals surface area (Å²) in [6.07, 6.45) is 0. The molecule has 1 saturated heterocycles. The van der Waals surface area contributed by atoms with E-state index in [2.05, 4.69) is 5.32 Å². The van der Waals surface area contributed by atoms with E-state index in [0.29, 0.717) is 6.61 Å². The van der Waals surface area contributed by atoms with Gasteiger partial charge in [-0.05, 0) is 31.5 Å². The van der Waals surface area contributed by atoms with E-state index in [9.17, 15) is 4.79 Å². The first-order chi connectivity index (χ1) is 9.20. The van der Waals surface area contributed by atoms with Gasteiger partial charge in [0.15, 0.2) is 0 Å². The van der Waals surface area contributed by atoms with Crippen molar-refractivity contribution in [2.24, 2.45) is 0 Å². The van der Waals surface area contributed by atoms with Crippen molar-refractivity contribution in [1.29, 1.82) is 0 Å². The summed E-state index contributed by atoms with van der Waals surface area (Å²) in [4.78, 5) is 14.0. The van der Waals surface area contributed by atoms with Crippen molar-refractivity contribution in [1.82, 2.24) is 4.90 Å². The first-order valence-corrected chi connectivity index (χ1v) is 7.73. The standard InChI is InChI=1S/C14H20N2O2S/c1-3-18-13-10-11(2)4-5-12(13)15-14(17)16-6-8-19-9-7-16/h4-5,10H,3,6-9H2,1-2H3,(H,15,17). The summed E-state index contributed by atoms with van der Waals surface area (Å²) < 4.78 is 5.57. The quantitative estimate of drug-likeness (QED) is 0.925. The number of ether oxygens (including phenoxy) is 1. The fraction of sp³-hybridized carbons (Fsp3) is 0.500. The van der Waals surface area contributed by atoms with Gasteiger partial charge in [0, 0.05) is 24.6 Å². The normalized spacial score (nSPS) is 15.2. The number of aryl methyl sites for hydroxylation is 1. The van der Waals surface area contributed by atoms with Crippen LogP contribution in [0.1, 0.15) is 12.5 Å². The highest BCUT2D eigenvalue weighted by Crippen LogP contribution is 2.26. The Morgan fingerprint density at radius 2 is 2.16 bits per heavy atom. The maximum absolute atomic E-state index is 12.2. The molecule has 4 nitrogen and oxygen atoms in total. The fourth-order valence-electron chi connectivity index (χ4n) is 1.97.